The third-order valence-electron chi connectivity index (χ3n) is 3.43. The molecule has 4 heteroatoms. The fourth-order valence-electron chi connectivity index (χ4n) is 2.52. The minimum atomic E-state index is -0.463. The molecule has 0 heterocycles. The van der Waals surface area contributed by atoms with Crippen LogP contribution in [0, 0.1) is 5.92 Å². The van der Waals surface area contributed by atoms with E-state index in [4.69, 9.17) is 4.74 Å². The van der Waals surface area contributed by atoms with Crippen molar-refractivity contribution in [3.05, 3.63) is 35.4 Å². The highest BCUT2D eigenvalue weighted by atomic mass is 16.6. The number of carbonyl (C=O) groups excluding carboxylic acids is 1. The van der Waals surface area contributed by atoms with Crippen molar-refractivity contribution in [2.75, 3.05) is 6.54 Å². The van der Waals surface area contributed by atoms with Gasteiger partial charge in [-0.25, -0.2) is 10.2 Å². The number of fused-ring (bicyclic) bond motifs is 1. The van der Waals surface area contributed by atoms with Gasteiger partial charge in [-0.1, -0.05) is 24.3 Å². The van der Waals surface area contributed by atoms with Crippen molar-refractivity contribution < 1.29 is 9.53 Å². The zero-order valence-electron chi connectivity index (χ0n) is 12.5. The summed E-state index contributed by atoms with van der Waals surface area (Å²) in [5.74, 6) is 0.555. The molecule has 1 aliphatic rings. The number of rotatable bonds is 3. The van der Waals surface area contributed by atoms with Gasteiger partial charge in [0.2, 0.25) is 0 Å². The van der Waals surface area contributed by atoms with Crippen LogP contribution in [-0.2, 0) is 17.6 Å². The van der Waals surface area contributed by atoms with E-state index in [2.05, 4.69) is 35.1 Å². The summed E-state index contributed by atoms with van der Waals surface area (Å²) in [6.07, 6.45) is 2.92. The van der Waals surface area contributed by atoms with Gasteiger partial charge < -0.3 is 4.74 Å². The molecule has 1 aromatic rings. The van der Waals surface area contributed by atoms with Crippen LogP contribution in [-0.4, -0.2) is 18.2 Å². The van der Waals surface area contributed by atoms with Crippen LogP contribution in [0.1, 0.15) is 38.3 Å². The lowest BCUT2D eigenvalue weighted by Gasteiger charge is -2.25. The Morgan fingerprint density at radius 3 is 2.70 bits per heavy atom. The van der Waals surface area contributed by atoms with Gasteiger partial charge in [-0.15, -0.1) is 0 Å². The van der Waals surface area contributed by atoms with E-state index in [-0.39, 0.29) is 0 Å². The first kappa shape index (κ1) is 14.9. The average molecular weight is 276 g/mol. The Balaban J connectivity index is 1.73. The highest BCUT2D eigenvalue weighted by molar-refractivity contribution is 5.66. The highest BCUT2D eigenvalue weighted by Gasteiger charge is 2.19. The normalized spacial score (nSPS) is 18.2. The third-order valence-corrected chi connectivity index (χ3v) is 3.43. The summed E-state index contributed by atoms with van der Waals surface area (Å²) in [5, 5.41) is 0. The summed E-state index contributed by atoms with van der Waals surface area (Å²) >= 11 is 0. The molecular formula is C16H24N2O2. The fourth-order valence-corrected chi connectivity index (χ4v) is 2.52. The van der Waals surface area contributed by atoms with Gasteiger partial charge in [-0.05, 0) is 57.1 Å². The minimum Gasteiger partial charge on any atom is -0.443 e. The lowest BCUT2D eigenvalue weighted by molar-refractivity contribution is 0.0494. The molecule has 1 aromatic carbocycles. The average Bonchev–Trinajstić information content (AvgIpc) is 2.36. The van der Waals surface area contributed by atoms with E-state index >= 15 is 0 Å². The van der Waals surface area contributed by atoms with Crippen molar-refractivity contribution in [3.8, 4) is 0 Å². The molecule has 2 N–H and O–H groups in total. The summed E-state index contributed by atoms with van der Waals surface area (Å²) in [5.41, 5.74) is 8.02. The number of amides is 1. The van der Waals surface area contributed by atoms with Gasteiger partial charge in [-0.2, -0.15) is 0 Å². The predicted octanol–water partition coefficient (Wildman–Crippen LogP) is 2.82. The molecular weight excluding hydrogens is 252 g/mol. The smallest absolute Gasteiger partial charge is 0.422 e. The molecule has 1 aliphatic carbocycles. The Bertz CT molecular complexity index is 466. The minimum absolute atomic E-state index is 0.422. The molecule has 4 nitrogen and oxygen atoms in total. The van der Waals surface area contributed by atoms with E-state index in [1.165, 1.54) is 11.1 Å². The van der Waals surface area contributed by atoms with Crippen LogP contribution in [0.4, 0.5) is 4.79 Å². The third kappa shape index (κ3) is 4.53. The maximum Gasteiger partial charge on any atom is 0.422 e. The quantitative estimate of drug-likeness (QED) is 0.835. The first-order chi connectivity index (χ1) is 9.44. The van der Waals surface area contributed by atoms with Crippen LogP contribution < -0.4 is 10.9 Å². The fraction of sp³-hybridized carbons (Fsp3) is 0.562. The maximum absolute atomic E-state index is 11.5. The van der Waals surface area contributed by atoms with E-state index in [0.717, 1.165) is 25.8 Å². The van der Waals surface area contributed by atoms with Gasteiger partial charge in [0.15, 0.2) is 0 Å². The zero-order chi connectivity index (χ0) is 14.6. The van der Waals surface area contributed by atoms with Crippen LogP contribution in [0.2, 0.25) is 0 Å². The lowest BCUT2D eigenvalue weighted by atomic mass is 9.84. The number of nitrogens with one attached hydrogen (secondary N) is 2. The SMILES string of the molecule is CC(C)(C)OC(=O)NNCC1CCc2ccccc2C1. The molecule has 0 saturated carbocycles. The summed E-state index contributed by atoms with van der Waals surface area (Å²) in [6, 6.07) is 8.59. The topological polar surface area (TPSA) is 50.4 Å². The van der Waals surface area contributed by atoms with Crippen molar-refractivity contribution in [1.82, 2.24) is 10.9 Å². The number of hydrazine groups is 1. The molecule has 0 radical (unpaired) electrons. The van der Waals surface area contributed by atoms with Gasteiger partial charge in [0, 0.05) is 6.54 Å². The molecule has 0 aliphatic heterocycles. The van der Waals surface area contributed by atoms with Gasteiger partial charge >= 0.3 is 6.09 Å². The molecule has 1 amide bonds. The molecule has 0 fully saturated rings. The number of ether oxygens (including phenoxy) is 1. The van der Waals surface area contributed by atoms with Crippen LogP contribution in [0.15, 0.2) is 24.3 Å². The molecule has 0 aromatic heterocycles. The van der Waals surface area contributed by atoms with Gasteiger partial charge in [0.25, 0.3) is 0 Å². The van der Waals surface area contributed by atoms with E-state index < -0.39 is 11.7 Å². The summed E-state index contributed by atoms with van der Waals surface area (Å²) in [7, 11) is 0. The molecule has 20 heavy (non-hydrogen) atoms. The van der Waals surface area contributed by atoms with Crippen molar-refractivity contribution in [3.63, 3.8) is 0 Å². The highest BCUT2D eigenvalue weighted by Crippen LogP contribution is 2.24. The maximum atomic E-state index is 11.5. The monoisotopic (exact) mass is 276 g/mol. The lowest BCUT2D eigenvalue weighted by Crippen LogP contribution is -2.43. The Kier molecular flexibility index (Phi) is 4.65. The van der Waals surface area contributed by atoms with Crippen molar-refractivity contribution in [2.24, 2.45) is 5.92 Å². The molecule has 1 unspecified atom stereocenters. The number of benzene rings is 1. The number of aryl methyl sites for hydroxylation is 1. The van der Waals surface area contributed by atoms with Gasteiger partial charge in [-0.3, -0.25) is 5.43 Å². The van der Waals surface area contributed by atoms with Gasteiger partial charge in [0.05, 0.1) is 0 Å². The Morgan fingerprint density at radius 1 is 1.30 bits per heavy atom. The Hall–Kier alpha value is -1.55. The molecule has 2 rings (SSSR count). The molecule has 0 saturated heterocycles. The van der Waals surface area contributed by atoms with E-state index in [1.54, 1.807) is 0 Å². The summed E-state index contributed by atoms with van der Waals surface area (Å²) in [6.45, 7) is 6.33. The molecule has 110 valence electrons. The second-order valence-electron chi connectivity index (χ2n) is 6.39. The van der Waals surface area contributed by atoms with Crippen molar-refractivity contribution >= 4 is 6.09 Å². The van der Waals surface area contributed by atoms with Crippen molar-refractivity contribution in [2.45, 2.75) is 45.6 Å². The van der Waals surface area contributed by atoms with Crippen LogP contribution in [0.25, 0.3) is 0 Å². The molecule has 1 atom stereocenters. The number of hydrogen-bond donors (Lipinski definition) is 2. The van der Waals surface area contributed by atoms with E-state index in [0.29, 0.717) is 5.92 Å². The van der Waals surface area contributed by atoms with Crippen LogP contribution >= 0.6 is 0 Å². The summed E-state index contributed by atoms with van der Waals surface area (Å²) < 4.78 is 5.17. The van der Waals surface area contributed by atoms with Gasteiger partial charge in [0.1, 0.15) is 5.60 Å². The standard InChI is InChI=1S/C16H24N2O2/c1-16(2,3)20-15(19)18-17-11-12-8-9-13-6-4-5-7-14(13)10-12/h4-7,12,17H,8-11H2,1-3H3,(H,18,19). The first-order valence-electron chi connectivity index (χ1n) is 7.23. The molecule has 0 spiro atoms. The second kappa shape index (κ2) is 6.27. The van der Waals surface area contributed by atoms with E-state index in [9.17, 15) is 4.79 Å². The largest absolute Gasteiger partial charge is 0.443 e. The van der Waals surface area contributed by atoms with Crippen molar-refractivity contribution in [1.29, 1.82) is 0 Å². The van der Waals surface area contributed by atoms with Crippen LogP contribution in [0.3, 0.4) is 0 Å². The van der Waals surface area contributed by atoms with Crippen LogP contribution in [0.5, 0.6) is 0 Å². The number of carbonyl (C=O) groups is 1. The summed E-state index contributed by atoms with van der Waals surface area (Å²) in [4.78, 5) is 11.5. The Labute approximate surface area is 120 Å². The molecule has 0 bridgehead atoms. The predicted molar refractivity (Wildman–Crippen MR) is 79.3 cm³/mol. The second-order valence-corrected chi connectivity index (χ2v) is 6.39. The number of hydrogen-bond acceptors (Lipinski definition) is 3. The van der Waals surface area contributed by atoms with E-state index in [1.807, 2.05) is 20.8 Å². The zero-order valence-corrected chi connectivity index (χ0v) is 12.5. The first-order valence-corrected chi connectivity index (χ1v) is 7.23. The Morgan fingerprint density at radius 2 is 2.00 bits per heavy atom.